The molecule has 0 unspecified atom stereocenters. The molecule has 130 valence electrons. The van der Waals surface area contributed by atoms with E-state index >= 15 is 0 Å². The molecular weight excluding hydrogens is 348 g/mol. The van der Waals surface area contributed by atoms with Gasteiger partial charge in [0.15, 0.2) is 0 Å². The summed E-state index contributed by atoms with van der Waals surface area (Å²) in [6, 6.07) is 16.2. The van der Waals surface area contributed by atoms with Gasteiger partial charge >= 0.3 is 6.03 Å². The molecule has 0 aliphatic heterocycles. The van der Waals surface area contributed by atoms with Crippen LogP contribution < -0.4 is 10.6 Å². The first-order valence-corrected chi connectivity index (χ1v) is 8.68. The van der Waals surface area contributed by atoms with Crippen molar-refractivity contribution in [3.63, 3.8) is 0 Å². The Morgan fingerprint density at radius 1 is 0.962 bits per heavy atom. The van der Waals surface area contributed by atoms with Crippen LogP contribution in [-0.2, 0) is 0 Å². The van der Waals surface area contributed by atoms with Crippen LogP contribution in [0.4, 0.5) is 9.93 Å². The largest absolute Gasteiger partial charge is 0.328 e. The maximum atomic E-state index is 12.1. The van der Waals surface area contributed by atoms with Crippen LogP contribution in [-0.4, -0.2) is 22.1 Å². The zero-order valence-electron chi connectivity index (χ0n) is 14.0. The third-order valence-electron chi connectivity index (χ3n) is 3.50. The number of carbonyl (C=O) groups is 2. The van der Waals surface area contributed by atoms with Crippen LogP contribution in [0.15, 0.2) is 54.6 Å². The summed E-state index contributed by atoms with van der Waals surface area (Å²) in [7, 11) is 0. The van der Waals surface area contributed by atoms with E-state index < -0.39 is 11.9 Å². The van der Waals surface area contributed by atoms with E-state index in [-0.39, 0.29) is 0 Å². The molecule has 0 spiro atoms. The molecule has 0 saturated heterocycles. The molecule has 0 radical (unpaired) electrons. The molecule has 26 heavy (non-hydrogen) atoms. The highest BCUT2D eigenvalue weighted by molar-refractivity contribution is 7.16. The van der Waals surface area contributed by atoms with E-state index in [1.54, 1.807) is 12.1 Å². The normalized spacial score (nSPS) is 10.7. The average molecular weight is 364 g/mol. The average Bonchev–Trinajstić information content (AvgIpc) is 3.08. The summed E-state index contributed by atoms with van der Waals surface area (Å²) in [4.78, 5) is 24.1. The summed E-state index contributed by atoms with van der Waals surface area (Å²) in [5, 5.41) is 13.7. The minimum atomic E-state index is -0.645. The van der Waals surface area contributed by atoms with Gasteiger partial charge in [-0.25, -0.2) is 4.79 Å². The fraction of sp³-hybridized carbons (Fsp3) is 0.0526. The van der Waals surface area contributed by atoms with Gasteiger partial charge in [-0.3, -0.25) is 15.4 Å². The van der Waals surface area contributed by atoms with Crippen LogP contribution in [0.5, 0.6) is 0 Å². The second kappa shape index (κ2) is 8.17. The van der Waals surface area contributed by atoms with Gasteiger partial charge in [0, 0.05) is 5.56 Å². The van der Waals surface area contributed by atoms with Crippen LogP contribution in [0.25, 0.3) is 12.2 Å². The van der Waals surface area contributed by atoms with E-state index in [0.29, 0.717) is 15.7 Å². The molecule has 0 bridgehead atoms. The van der Waals surface area contributed by atoms with E-state index in [1.165, 1.54) is 11.3 Å². The van der Waals surface area contributed by atoms with Crippen molar-refractivity contribution in [3.8, 4) is 0 Å². The van der Waals surface area contributed by atoms with Crippen molar-refractivity contribution in [2.24, 2.45) is 0 Å². The zero-order valence-corrected chi connectivity index (χ0v) is 14.8. The topological polar surface area (TPSA) is 84.0 Å². The van der Waals surface area contributed by atoms with E-state index in [2.05, 4.69) is 20.8 Å². The Balaban J connectivity index is 1.58. The predicted octanol–water partition coefficient (Wildman–Crippen LogP) is 3.98. The Morgan fingerprint density at radius 2 is 1.69 bits per heavy atom. The molecule has 3 amide bonds. The van der Waals surface area contributed by atoms with E-state index in [0.717, 1.165) is 11.1 Å². The summed E-state index contributed by atoms with van der Waals surface area (Å²) in [6.45, 7) is 1.81. The molecule has 0 saturated carbocycles. The van der Waals surface area contributed by atoms with Crippen molar-refractivity contribution < 1.29 is 9.59 Å². The van der Waals surface area contributed by atoms with Crippen molar-refractivity contribution in [1.29, 1.82) is 0 Å². The van der Waals surface area contributed by atoms with Crippen LogP contribution in [0.2, 0.25) is 0 Å². The Kier molecular flexibility index (Phi) is 5.50. The molecular formula is C19H16N4O2S. The smallest absolute Gasteiger partial charge is 0.282 e. The van der Waals surface area contributed by atoms with Crippen LogP contribution in [0, 0.1) is 6.92 Å². The first-order chi connectivity index (χ1) is 12.6. The third kappa shape index (κ3) is 4.61. The van der Waals surface area contributed by atoms with Gasteiger partial charge in [0.2, 0.25) is 5.13 Å². The maximum Gasteiger partial charge on any atom is 0.328 e. The van der Waals surface area contributed by atoms with Gasteiger partial charge in [-0.15, -0.1) is 10.2 Å². The van der Waals surface area contributed by atoms with Crippen LogP contribution in [0.3, 0.4) is 0 Å². The number of hydrogen-bond donors (Lipinski definition) is 2. The van der Waals surface area contributed by atoms with Gasteiger partial charge < -0.3 is 0 Å². The summed E-state index contributed by atoms with van der Waals surface area (Å²) < 4.78 is 0. The number of hydrogen-bond acceptors (Lipinski definition) is 5. The molecule has 2 aromatic carbocycles. The van der Waals surface area contributed by atoms with Crippen molar-refractivity contribution in [1.82, 2.24) is 15.5 Å². The van der Waals surface area contributed by atoms with E-state index in [4.69, 9.17) is 0 Å². The highest BCUT2D eigenvalue weighted by atomic mass is 32.1. The SMILES string of the molecule is Cc1ccccc1C(=O)NC(=O)Nc1nnc(/C=C/c2ccccc2)s1. The maximum absolute atomic E-state index is 12.1. The molecule has 3 aromatic rings. The fourth-order valence-corrected chi connectivity index (χ4v) is 2.85. The lowest BCUT2D eigenvalue weighted by atomic mass is 10.1. The predicted molar refractivity (Wildman–Crippen MR) is 103 cm³/mol. The van der Waals surface area contributed by atoms with Crippen molar-refractivity contribution in [2.45, 2.75) is 6.92 Å². The third-order valence-corrected chi connectivity index (χ3v) is 4.30. The number of benzene rings is 2. The second-order valence-corrected chi connectivity index (χ2v) is 6.42. The minimum absolute atomic E-state index is 0.313. The number of urea groups is 1. The number of carbonyl (C=O) groups excluding carboxylic acids is 2. The first-order valence-electron chi connectivity index (χ1n) is 7.86. The number of aryl methyl sites for hydroxylation is 1. The molecule has 1 heterocycles. The summed E-state index contributed by atoms with van der Waals surface area (Å²) >= 11 is 1.21. The standard InChI is InChI=1S/C19H16N4O2S/c1-13-7-5-6-10-15(13)17(24)20-18(25)21-19-23-22-16(26-19)12-11-14-8-3-2-4-9-14/h2-12H,1H3,(H2,20,21,23,24,25)/b12-11+. The number of amides is 3. The molecule has 0 aliphatic carbocycles. The molecule has 3 rings (SSSR count). The summed E-state index contributed by atoms with van der Waals surface area (Å²) in [6.07, 6.45) is 3.72. The number of rotatable bonds is 4. The van der Waals surface area contributed by atoms with E-state index in [1.807, 2.05) is 61.5 Å². The van der Waals surface area contributed by atoms with Gasteiger partial charge in [0.05, 0.1) is 0 Å². The monoisotopic (exact) mass is 364 g/mol. The number of nitrogens with zero attached hydrogens (tertiary/aromatic N) is 2. The Labute approximate surface area is 154 Å². The molecule has 1 aromatic heterocycles. The highest BCUT2D eigenvalue weighted by Gasteiger charge is 2.13. The fourth-order valence-electron chi connectivity index (χ4n) is 2.21. The lowest BCUT2D eigenvalue weighted by molar-refractivity contribution is 0.0966. The molecule has 6 nitrogen and oxygen atoms in total. The van der Waals surface area contributed by atoms with Gasteiger partial charge in [0.1, 0.15) is 5.01 Å². The van der Waals surface area contributed by atoms with Crippen molar-refractivity contribution in [3.05, 3.63) is 76.3 Å². The Morgan fingerprint density at radius 3 is 2.46 bits per heavy atom. The number of imide groups is 1. The van der Waals surface area contributed by atoms with Gasteiger partial charge in [-0.05, 0) is 30.2 Å². The van der Waals surface area contributed by atoms with Gasteiger partial charge in [0.25, 0.3) is 5.91 Å². The molecule has 0 aliphatic rings. The van der Waals surface area contributed by atoms with Crippen LogP contribution in [0.1, 0.15) is 26.5 Å². The Hall–Kier alpha value is -3.32. The van der Waals surface area contributed by atoms with Gasteiger partial charge in [-0.2, -0.15) is 0 Å². The zero-order chi connectivity index (χ0) is 18.4. The van der Waals surface area contributed by atoms with Crippen LogP contribution >= 0.6 is 11.3 Å². The molecule has 2 N–H and O–H groups in total. The molecule has 0 fully saturated rings. The van der Waals surface area contributed by atoms with E-state index in [9.17, 15) is 9.59 Å². The number of nitrogens with one attached hydrogen (secondary N) is 2. The van der Waals surface area contributed by atoms with Crippen molar-refractivity contribution in [2.75, 3.05) is 5.32 Å². The van der Waals surface area contributed by atoms with Crippen molar-refractivity contribution >= 4 is 40.6 Å². The Bertz CT molecular complexity index is 951. The second-order valence-electron chi connectivity index (χ2n) is 5.41. The lowest BCUT2D eigenvalue weighted by Crippen LogP contribution is -2.34. The molecule has 0 atom stereocenters. The summed E-state index contributed by atoms with van der Waals surface area (Å²) in [5.74, 6) is -0.464. The quantitative estimate of drug-likeness (QED) is 0.733. The lowest BCUT2D eigenvalue weighted by Gasteiger charge is -2.06. The number of anilines is 1. The number of aromatic nitrogens is 2. The first kappa shape index (κ1) is 17.5. The molecule has 7 heteroatoms. The minimum Gasteiger partial charge on any atom is -0.282 e. The highest BCUT2D eigenvalue weighted by Crippen LogP contribution is 2.17. The van der Waals surface area contributed by atoms with Gasteiger partial charge in [-0.1, -0.05) is 65.9 Å². The summed E-state index contributed by atoms with van der Waals surface area (Å²) in [5.41, 5.74) is 2.28.